The first-order valence-electron chi connectivity index (χ1n) is 9.68. The summed E-state index contributed by atoms with van der Waals surface area (Å²) in [4.78, 5) is 15.2. The number of nitrogens with zero attached hydrogens (tertiary/aromatic N) is 1. The number of carbonyl (C=O) groups is 1. The van der Waals surface area contributed by atoms with Crippen LogP contribution in [0.4, 0.5) is 5.69 Å². The minimum absolute atomic E-state index is 0.139. The first-order valence-corrected chi connectivity index (χ1v) is 12.0. The van der Waals surface area contributed by atoms with Crippen molar-refractivity contribution in [3.63, 3.8) is 0 Å². The number of carbonyl (C=O) groups excluding carboxylic acids is 1. The lowest BCUT2D eigenvalue weighted by Crippen LogP contribution is -2.46. The molecule has 0 atom stereocenters. The van der Waals surface area contributed by atoms with Gasteiger partial charge in [-0.1, -0.05) is 22.0 Å². The number of sulfonamides is 1. The SMILES string of the molecule is CC(C)N1CCC(NC(=O)c2cccc(NS(=O)(=O)c3ccc(Br)cc3)c2)CC1. The molecule has 156 valence electrons. The quantitative estimate of drug-likeness (QED) is 0.659. The van der Waals surface area contributed by atoms with E-state index in [0.717, 1.165) is 30.4 Å². The van der Waals surface area contributed by atoms with E-state index in [9.17, 15) is 13.2 Å². The lowest BCUT2D eigenvalue weighted by Gasteiger charge is -2.34. The number of hydrogen-bond acceptors (Lipinski definition) is 4. The summed E-state index contributed by atoms with van der Waals surface area (Å²) in [6.45, 7) is 6.30. The average molecular weight is 480 g/mol. The maximum Gasteiger partial charge on any atom is 0.261 e. The van der Waals surface area contributed by atoms with Gasteiger partial charge in [0.25, 0.3) is 15.9 Å². The van der Waals surface area contributed by atoms with Crippen LogP contribution in [0.1, 0.15) is 37.0 Å². The third-order valence-electron chi connectivity index (χ3n) is 5.10. The Morgan fingerprint density at radius 3 is 2.38 bits per heavy atom. The molecule has 0 saturated carbocycles. The highest BCUT2D eigenvalue weighted by atomic mass is 79.9. The van der Waals surface area contributed by atoms with Gasteiger partial charge in [0.05, 0.1) is 4.90 Å². The van der Waals surface area contributed by atoms with Crippen LogP contribution in [0.25, 0.3) is 0 Å². The number of anilines is 1. The molecule has 3 rings (SSSR count). The monoisotopic (exact) mass is 479 g/mol. The Labute approximate surface area is 180 Å². The van der Waals surface area contributed by atoms with Crippen molar-refractivity contribution in [2.45, 2.75) is 43.7 Å². The molecule has 1 aliphatic heterocycles. The molecule has 0 aliphatic carbocycles. The van der Waals surface area contributed by atoms with Gasteiger partial charge >= 0.3 is 0 Å². The Morgan fingerprint density at radius 2 is 1.76 bits per heavy atom. The van der Waals surface area contributed by atoms with Crippen molar-refractivity contribution in [2.75, 3.05) is 17.8 Å². The molecule has 1 amide bonds. The van der Waals surface area contributed by atoms with Crippen LogP contribution < -0.4 is 10.0 Å². The van der Waals surface area contributed by atoms with Gasteiger partial charge in [-0.25, -0.2) is 8.42 Å². The second-order valence-electron chi connectivity index (χ2n) is 7.52. The molecule has 0 bridgehead atoms. The molecular formula is C21H26BrN3O3S. The largest absolute Gasteiger partial charge is 0.349 e. The number of nitrogens with one attached hydrogen (secondary N) is 2. The van der Waals surface area contributed by atoms with Crippen molar-refractivity contribution >= 4 is 37.5 Å². The van der Waals surface area contributed by atoms with Gasteiger partial charge in [0.2, 0.25) is 0 Å². The van der Waals surface area contributed by atoms with Gasteiger partial charge in [0.1, 0.15) is 0 Å². The Balaban J connectivity index is 1.64. The van der Waals surface area contributed by atoms with Gasteiger partial charge in [-0.05, 0) is 69.2 Å². The molecule has 1 heterocycles. The molecule has 1 saturated heterocycles. The fraction of sp³-hybridized carbons (Fsp3) is 0.381. The van der Waals surface area contributed by atoms with Crippen molar-refractivity contribution < 1.29 is 13.2 Å². The van der Waals surface area contributed by atoms with E-state index in [0.29, 0.717) is 17.3 Å². The fourth-order valence-corrected chi connectivity index (χ4v) is 4.69. The van der Waals surface area contributed by atoms with Crippen LogP contribution in [0.15, 0.2) is 57.9 Å². The minimum atomic E-state index is -3.72. The summed E-state index contributed by atoms with van der Waals surface area (Å²) in [6, 6.07) is 13.6. The molecule has 0 spiro atoms. The third-order valence-corrected chi connectivity index (χ3v) is 7.02. The number of likely N-dealkylation sites (tertiary alicyclic amines) is 1. The topological polar surface area (TPSA) is 78.5 Å². The van der Waals surface area contributed by atoms with E-state index < -0.39 is 10.0 Å². The van der Waals surface area contributed by atoms with Crippen molar-refractivity contribution in [2.24, 2.45) is 0 Å². The fourth-order valence-electron chi connectivity index (χ4n) is 3.38. The van der Waals surface area contributed by atoms with Crippen molar-refractivity contribution in [1.82, 2.24) is 10.2 Å². The van der Waals surface area contributed by atoms with E-state index in [1.807, 2.05) is 0 Å². The zero-order valence-electron chi connectivity index (χ0n) is 16.6. The van der Waals surface area contributed by atoms with Crippen molar-refractivity contribution in [3.05, 3.63) is 58.6 Å². The summed E-state index contributed by atoms with van der Waals surface area (Å²) in [6.07, 6.45) is 1.83. The zero-order valence-corrected chi connectivity index (χ0v) is 19.0. The van der Waals surface area contributed by atoms with E-state index in [1.165, 1.54) is 12.1 Å². The van der Waals surface area contributed by atoms with Crippen molar-refractivity contribution in [1.29, 1.82) is 0 Å². The Morgan fingerprint density at radius 1 is 1.10 bits per heavy atom. The first kappa shape index (κ1) is 21.8. The number of benzene rings is 2. The molecule has 6 nitrogen and oxygen atoms in total. The van der Waals surface area contributed by atoms with Crippen LogP contribution in [-0.4, -0.2) is 44.4 Å². The smallest absolute Gasteiger partial charge is 0.261 e. The molecule has 29 heavy (non-hydrogen) atoms. The molecule has 0 radical (unpaired) electrons. The normalized spacial score (nSPS) is 16.0. The van der Waals surface area contributed by atoms with Crippen LogP contribution in [0.5, 0.6) is 0 Å². The molecule has 2 N–H and O–H groups in total. The standard InChI is InChI=1S/C21H26BrN3O3S/c1-15(2)25-12-10-18(11-13-25)23-21(26)16-4-3-5-19(14-16)24-29(27,28)20-8-6-17(22)7-9-20/h3-9,14-15,18,24H,10-13H2,1-2H3,(H,23,26). The van der Waals surface area contributed by atoms with E-state index >= 15 is 0 Å². The third kappa shape index (κ3) is 5.81. The highest BCUT2D eigenvalue weighted by Crippen LogP contribution is 2.20. The molecule has 1 fully saturated rings. The van der Waals surface area contributed by atoms with E-state index in [-0.39, 0.29) is 16.8 Å². The maximum absolute atomic E-state index is 12.6. The second-order valence-corrected chi connectivity index (χ2v) is 10.1. The highest BCUT2D eigenvalue weighted by molar-refractivity contribution is 9.10. The summed E-state index contributed by atoms with van der Waals surface area (Å²) >= 11 is 3.29. The summed E-state index contributed by atoms with van der Waals surface area (Å²) in [7, 11) is -3.72. The van der Waals surface area contributed by atoms with Gasteiger partial charge in [-0.2, -0.15) is 0 Å². The number of hydrogen-bond donors (Lipinski definition) is 2. The highest BCUT2D eigenvalue weighted by Gasteiger charge is 2.22. The summed E-state index contributed by atoms with van der Waals surface area (Å²) in [5, 5.41) is 3.07. The lowest BCUT2D eigenvalue weighted by molar-refractivity contribution is 0.0900. The molecule has 8 heteroatoms. The van der Waals surface area contributed by atoms with E-state index in [4.69, 9.17) is 0 Å². The molecular weight excluding hydrogens is 454 g/mol. The number of amides is 1. The van der Waals surface area contributed by atoms with Gasteiger partial charge in [-0.3, -0.25) is 9.52 Å². The Kier molecular flexibility index (Phi) is 6.97. The first-order chi connectivity index (χ1) is 13.7. The van der Waals surface area contributed by atoms with Crippen LogP contribution in [0.3, 0.4) is 0 Å². The second kappa shape index (κ2) is 9.28. The number of halogens is 1. The lowest BCUT2D eigenvalue weighted by atomic mass is 10.0. The minimum Gasteiger partial charge on any atom is -0.349 e. The van der Waals surface area contributed by atoms with Crippen LogP contribution >= 0.6 is 15.9 Å². The van der Waals surface area contributed by atoms with Gasteiger partial charge in [-0.15, -0.1) is 0 Å². The Bertz CT molecular complexity index is 953. The van der Waals surface area contributed by atoms with Crippen LogP contribution in [-0.2, 0) is 10.0 Å². The predicted molar refractivity (Wildman–Crippen MR) is 119 cm³/mol. The summed E-state index contributed by atoms with van der Waals surface area (Å²) in [5.74, 6) is -0.183. The maximum atomic E-state index is 12.6. The van der Waals surface area contributed by atoms with E-state index in [2.05, 4.69) is 44.7 Å². The van der Waals surface area contributed by atoms with Crippen molar-refractivity contribution in [3.8, 4) is 0 Å². The van der Waals surface area contributed by atoms with Crippen LogP contribution in [0, 0.1) is 0 Å². The van der Waals surface area contributed by atoms with Gasteiger partial charge < -0.3 is 10.2 Å². The molecule has 0 unspecified atom stereocenters. The molecule has 1 aliphatic rings. The van der Waals surface area contributed by atoms with E-state index in [1.54, 1.807) is 36.4 Å². The van der Waals surface area contributed by atoms with Crippen LogP contribution in [0.2, 0.25) is 0 Å². The molecule has 2 aromatic carbocycles. The predicted octanol–water partition coefficient (Wildman–Crippen LogP) is 3.85. The number of rotatable bonds is 6. The molecule has 0 aromatic heterocycles. The van der Waals surface area contributed by atoms with Gasteiger partial charge in [0.15, 0.2) is 0 Å². The summed E-state index contributed by atoms with van der Waals surface area (Å²) in [5.41, 5.74) is 0.794. The zero-order chi connectivity index (χ0) is 21.0. The number of piperidine rings is 1. The van der Waals surface area contributed by atoms with Gasteiger partial charge in [0, 0.05) is 40.9 Å². The Hall–Kier alpha value is -1.90. The molecule has 2 aromatic rings. The average Bonchev–Trinajstić information content (AvgIpc) is 2.68. The summed E-state index contributed by atoms with van der Waals surface area (Å²) < 4.78 is 28.5.